The highest BCUT2D eigenvalue weighted by molar-refractivity contribution is 5.89. The molecular formula is C102H181NO34. The van der Waals surface area contributed by atoms with Crippen LogP contribution in [0.2, 0.25) is 0 Å². The normalized spacial score (nSPS) is 11.2. The molecule has 2 N–H and O–H groups in total. The molecule has 2 unspecified atom stereocenters. The van der Waals surface area contributed by atoms with Gasteiger partial charge in [-0.15, -0.1) is 0 Å². The summed E-state index contributed by atoms with van der Waals surface area (Å²) in [5, 5.41) is 12.2. The summed E-state index contributed by atoms with van der Waals surface area (Å²) in [5.41, 5.74) is -2.39. The number of hydrogen-bond acceptors (Lipinski definition) is 34. The van der Waals surface area contributed by atoms with Crippen LogP contribution in [-0.4, -0.2) is 227 Å². The van der Waals surface area contributed by atoms with Crippen molar-refractivity contribution in [2.75, 3.05) is 115 Å². The predicted octanol–water partition coefficient (Wildman–Crippen LogP) is 17.2. The third kappa shape index (κ3) is 78.3. The zero-order chi connectivity index (χ0) is 110. The molecular weight excluding hydrogens is 1780 g/mol. The zero-order valence-corrected chi connectivity index (χ0v) is 91.1. The van der Waals surface area contributed by atoms with Crippen LogP contribution in [0.25, 0.3) is 0 Å². The molecule has 137 heavy (non-hydrogen) atoms. The Kier molecular flexibility index (Phi) is 85.3. The molecule has 0 aliphatic carbocycles. The first kappa shape index (κ1) is 147. The number of amides is 1. The van der Waals surface area contributed by atoms with Gasteiger partial charge in [-0.2, -0.15) is 0 Å². The summed E-state index contributed by atoms with van der Waals surface area (Å²) < 4.78 is 76.5. The average Bonchev–Trinajstić information content (AvgIpc) is 0.879. The van der Waals surface area contributed by atoms with Gasteiger partial charge in [0.25, 0.3) is 0 Å². The summed E-state index contributed by atoms with van der Waals surface area (Å²) in [4.78, 5) is 189. The van der Waals surface area contributed by atoms with Gasteiger partial charge in [0, 0.05) is 47.1 Å². The van der Waals surface area contributed by atoms with Crippen LogP contribution in [0.3, 0.4) is 0 Å². The van der Waals surface area contributed by atoms with E-state index in [0.717, 1.165) is 44.6 Å². The maximum Gasteiger partial charge on any atom is 0.333 e. The highest BCUT2D eigenvalue weighted by atomic mass is 16.6. The minimum Gasteiger partial charge on any atom is -0.469 e. The monoisotopic (exact) mass is 1960 g/mol. The number of rotatable bonds is 49. The van der Waals surface area contributed by atoms with E-state index >= 15 is 0 Å². The minimum atomic E-state index is -1.02. The number of hydrogen-bond donors (Lipinski definition) is 2. The standard InChI is InChI=1S/C16H26O6.C15H25NO5.C13H22O5.C12H20O4.C11H18O4.5C7H14O2/c1-6-16(4,5)15(19)22-11-10-20-13(17)8-7-9-21-14(18)12(2)3;1-5-12(4)14(18)16-8-10-20-13(17)7-6-9-21-15(19)11(2)3;1-6-13(4,5)12(16)18-8-10(14)7-17-11(15)9(2)3;1-6-12(4,5)11(14)16-8-7-15-10(13)9(2)3;1-5-9(12)14-7-8-15-10(13)11(3,4)6-2;5*1-5-7(2,3)6(8)9-4/h2,6-11H2,1,3-5H3;12H,2,5-10H2,1,3-4H3,(H,16,18);10,14H,2,6-8H2,1,3-5H3;2,6-8H2,1,3-5H3;5H,1,6-8H2,2-4H3;5*5H2,1-4H3. The third-order valence-electron chi connectivity index (χ3n) is 21.2. The molecule has 0 aliphatic rings. The average molecular weight is 1970 g/mol. The van der Waals surface area contributed by atoms with E-state index in [4.69, 9.17) is 47.4 Å². The fourth-order valence-corrected chi connectivity index (χ4v) is 6.85. The number of carbonyl (C=O) groups is 17. The molecule has 0 aromatic rings. The second kappa shape index (κ2) is 79.6. The van der Waals surface area contributed by atoms with E-state index in [1.807, 2.05) is 173 Å². The highest BCUT2D eigenvalue weighted by Crippen LogP contribution is 2.27. The van der Waals surface area contributed by atoms with Crippen molar-refractivity contribution in [1.82, 2.24) is 5.32 Å². The van der Waals surface area contributed by atoms with Crippen LogP contribution >= 0.6 is 0 Å². The number of esters is 16. The van der Waals surface area contributed by atoms with Gasteiger partial charge in [-0.1, -0.05) is 109 Å². The number of aliphatic hydroxyl groups excluding tert-OH is 1. The Labute approximate surface area is 820 Å². The van der Waals surface area contributed by atoms with Gasteiger partial charge < -0.3 is 86.2 Å². The number of nitrogens with one attached hydrogen (secondary N) is 1. The first-order chi connectivity index (χ1) is 62.7. The lowest BCUT2D eigenvalue weighted by Gasteiger charge is -2.21. The second-order valence-electron chi connectivity index (χ2n) is 37.0. The van der Waals surface area contributed by atoms with Gasteiger partial charge in [0.05, 0.1) is 104 Å². The summed E-state index contributed by atoms with van der Waals surface area (Å²) in [6.45, 7) is 78.3. The van der Waals surface area contributed by atoms with E-state index in [0.29, 0.717) is 61.8 Å². The Morgan fingerprint density at radius 1 is 0.292 bits per heavy atom. The van der Waals surface area contributed by atoms with Gasteiger partial charge in [0.2, 0.25) is 5.91 Å². The van der Waals surface area contributed by atoms with Crippen molar-refractivity contribution in [3.05, 3.63) is 61.3 Å². The Balaban J connectivity index is -0.000000167. The van der Waals surface area contributed by atoms with Gasteiger partial charge in [0.1, 0.15) is 65.6 Å². The van der Waals surface area contributed by atoms with Gasteiger partial charge in [-0.3, -0.25) is 57.5 Å². The Hall–Kier alpha value is -10.3. The van der Waals surface area contributed by atoms with Gasteiger partial charge >= 0.3 is 95.5 Å². The Bertz CT molecular complexity index is 3480. The van der Waals surface area contributed by atoms with E-state index in [-0.39, 0.29) is 190 Å². The molecule has 0 aliphatic heterocycles. The molecule has 35 nitrogen and oxygen atoms in total. The topological polar surface area (TPSA) is 470 Å². The molecule has 0 aromatic heterocycles. The molecule has 0 heterocycles. The summed E-state index contributed by atoms with van der Waals surface area (Å²) in [6, 6.07) is 0. The third-order valence-corrected chi connectivity index (χ3v) is 21.2. The van der Waals surface area contributed by atoms with Gasteiger partial charge in [-0.25, -0.2) is 24.0 Å². The molecule has 0 fully saturated rings. The molecule has 0 saturated heterocycles. The number of aliphatic hydroxyl groups is 1. The van der Waals surface area contributed by atoms with E-state index in [1.54, 1.807) is 48.5 Å². The van der Waals surface area contributed by atoms with Crippen LogP contribution in [0.1, 0.15) is 318 Å². The maximum absolute atomic E-state index is 11.7. The number of methoxy groups -OCH3 is 5. The van der Waals surface area contributed by atoms with Crippen molar-refractivity contribution < 1.29 is 162 Å². The number of carbonyl (C=O) groups excluding carboxylic acids is 17. The van der Waals surface area contributed by atoms with Crippen LogP contribution in [0.4, 0.5) is 0 Å². The van der Waals surface area contributed by atoms with E-state index < -0.39 is 63.6 Å². The molecule has 0 bridgehead atoms. The summed E-state index contributed by atoms with van der Waals surface area (Å²) in [5.74, 6) is -5.28. The molecule has 2 atom stereocenters. The molecule has 0 spiro atoms. The van der Waals surface area contributed by atoms with Crippen LogP contribution in [0, 0.1) is 54.7 Å². The maximum atomic E-state index is 11.7. The van der Waals surface area contributed by atoms with E-state index in [1.165, 1.54) is 42.5 Å². The van der Waals surface area contributed by atoms with Crippen molar-refractivity contribution in [2.24, 2.45) is 54.7 Å². The lowest BCUT2D eigenvalue weighted by Crippen LogP contribution is -2.32. The van der Waals surface area contributed by atoms with Crippen LogP contribution in [0.15, 0.2) is 61.3 Å². The van der Waals surface area contributed by atoms with Crippen molar-refractivity contribution in [3.8, 4) is 0 Å². The number of ether oxygens (including phenoxy) is 16. The molecule has 0 aromatic carbocycles. The summed E-state index contributed by atoms with van der Waals surface area (Å²) >= 11 is 0. The van der Waals surface area contributed by atoms with Crippen LogP contribution in [-0.2, 0) is 157 Å². The van der Waals surface area contributed by atoms with Crippen LogP contribution in [0.5, 0.6) is 0 Å². The quantitative estimate of drug-likeness (QED) is 0.0247. The summed E-state index contributed by atoms with van der Waals surface area (Å²) in [7, 11) is 7.08. The molecule has 798 valence electrons. The smallest absolute Gasteiger partial charge is 0.333 e. The lowest BCUT2D eigenvalue weighted by molar-refractivity contribution is -0.159. The first-order valence-corrected chi connectivity index (χ1v) is 46.2. The highest BCUT2D eigenvalue weighted by Gasteiger charge is 2.33. The fraction of sp³-hybridized carbons (Fsp3) is 0.735. The molecule has 0 saturated carbocycles. The SMILES string of the molecule is C=C(C)C(=O)OCC(O)COC(=O)C(C)(C)CC.C=C(C)C(=O)OCCCC(=O)OCCNC(=O)C(C)CC.C=C(C)C(=O)OCCCC(=O)OCCOC(=O)C(C)(C)CC.C=C(C)C(=O)OCCOC(=O)C(C)(C)CC.C=CC(=O)OCCOC(=O)C(C)(C)CC.CCC(C)(C)C(=O)OC.CCC(C)(C)C(=O)OC.CCC(C)(C)C(=O)OC.CCC(C)(C)C(=O)OC.CCC(C)(C)C(=O)OC. The molecule has 0 radical (unpaired) electrons. The molecule has 1 amide bonds. The minimum absolute atomic E-state index is 0.0237. The van der Waals surface area contributed by atoms with Crippen molar-refractivity contribution in [3.63, 3.8) is 0 Å². The molecule has 0 rings (SSSR count). The predicted molar refractivity (Wildman–Crippen MR) is 524 cm³/mol. The zero-order valence-electron chi connectivity index (χ0n) is 91.1. The molecule has 35 heteroatoms. The Morgan fingerprint density at radius 3 is 0.723 bits per heavy atom. The fourth-order valence-electron chi connectivity index (χ4n) is 6.85. The summed E-state index contributed by atoms with van der Waals surface area (Å²) in [6.07, 6.45) is 8.73. The second-order valence-corrected chi connectivity index (χ2v) is 37.0. The van der Waals surface area contributed by atoms with E-state index in [9.17, 15) is 86.6 Å². The van der Waals surface area contributed by atoms with E-state index in [2.05, 4.69) is 66.6 Å². The van der Waals surface area contributed by atoms with Crippen LogP contribution < -0.4 is 5.32 Å². The van der Waals surface area contributed by atoms with Crippen molar-refractivity contribution >= 4 is 101 Å². The van der Waals surface area contributed by atoms with Gasteiger partial charge in [0.15, 0.2) is 0 Å². The largest absolute Gasteiger partial charge is 0.469 e. The lowest BCUT2D eigenvalue weighted by atomic mass is 9.91. The Morgan fingerprint density at radius 2 is 0.496 bits per heavy atom. The van der Waals surface area contributed by atoms with Gasteiger partial charge in [-0.05, 0) is 229 Å². The first-order valence-electron chi connectivity index (χ1n) is 46.2. The van der Waals surface area contributed by atoms with Crippen molar-refractivity contribution in [1.29, 1.82) is 0 Å². The van der Waals surface area contributed by atoms with Crippen molar-refractivity contribution in [2.45, 2.75) is 324 Å².